The molecule has 1 aliphatic heterocycles. The molecule has 0 bridgehead atoms. The Kier molecular flexibility index (Phi) is 4.83. The number of aliphatic hydroxyl groups is 1. The van der Waals surface area contributed by atoms with Crippen LogP contribution in [-0.4, -0.2) is 5.11 Å². The zero-order valence-corrected chi connectivity index (χ0v) is 10.9. The molecular formula is C15H21NO. The third-order valence-electron chi connectivity index (χ3n) is 2.66. The summed E-state index contributed by atoms with van der Waals surface area (Å²) in [5.74, 6) is 0.374. The molecule has 17 heavy (non-hydrogen) atoms. The normalized spacial score (nSPS) is 18.9. The quantitative estimate of drug-likeness (QED) is 0.657. The molecule has 2 N–H and O–H groups in total. The van der Waals surface area contributed by atoms with Crippen molar-refractivity contribution in [3.63, 3.8) is 0 Å². The number of aliphatic hydroxyl groups excluding tert-OH is 1. The van der Waals surface area contributed by atoms with Crippen molar-refractivity contribution in [2.45, 2.75) is 33.6 Å². The molecule has 1 heterocycles. The maximum Gasteiger partial charge on any atom is 0.115 e. The maximum atomic E-state index is 9.73. The summed E-state index contributed by atoms with van der Waals surface area (Å²) >= 11 is 0. The van der Waals surface area contributed by atoms with Gasteiger partial charge in [-0.25, -0.2) is 0 Å². The van der Waals surface area contributed by atoms with Crippen molar-refractivity contribution in [2.75, 3.05) is 0 Å². The molecule has 0 saturated heterocycles. The molecule has 0 amide bonds. The minimum absolute atomic E-state index is 0.374. The molecule has 2 rings (SSSR count). The lowest BCUT2D eigenvalue weighted by atomic mass is 10.0. The molecule has 0 atom stereocenters. The lowest BCUT2D eigenvalue weighted by molar-refractivity contribution is 0.390. The third-order valence-corrected chi connectivity index (χ3v) is 2.66. The first-order chi connectivity index (χ1) is 8.18. The van der Waals surface area contributed by atoms with Gasteiger partial charge in [-0.15, -0.1) is 0 Å². The van der Waals surface area contributed by atoms with Crippen molar-refractivity contribution in [1.82, 2.24) is 5.32 Å². The zero-order chi connectivity index (χ0) is 12.8. The van der Waals surface area contributed by atoms with Gasteiger partial charge in [0.05, 0.1) is 5.70 Å². The van der Waals surface area contributed by atoms with Gasteiger partial charge in [0.25, 0.3) is 0 Å². The van der Waals surface area contributed by atoms with Gasteiger partial charge in [0, 0.05) is 17.7 Å². The Morgan fingerprint density at radius 3 is 2.76 bits per heavy atom. The zero-order valence-electron chi connectivity index (χ0n) is 10.9. The van der Waals surface area contributed by atoms with Gasteiger partial charge in [0.15, 0.2) is 0 Å². The molecule has 1 aliphatic carbocycles. The van der Waals surface area contributed by atoms with E-state index in [-0.39, 0.29) is 0 Å². The molecule has 2 aliphatic rings. The van der Waals surface area contributed by atoms with Gasteiger partial charge in [0.1, 0.15) is 5.76 Å². The van der Waals surface area contributed by atoms with Gasteiger partial charge in [0.2, 0.25) is 0 Å². The fraction of sp³-hybridized carbons (Fsp3) is 0.333. The Morgan fingerprint density at radius 2 is 2.06 bits per heavy atom. The summed E-state index contributed by atoms with van der Waals surface area (Å²) in [7, 11) is 0. The fourth-order valence-corrected chi connectivity index (χ4v) is 1.76. The minimum atomic E-state index is 0.374. The summed E-state index contributed by atoms with van der Waals surface area (Å²) in [5.41, 5.74) is 3.90. The van der Waals surface area contributed by atoms with Crippen LogP contribution in [0.2, 0.25) is 0 Å². The number of fused-ring (bicyclic) bond motifs is 1. The number of rotatable bonds is 0. The van der Waals surface area contributed by atoms with E-state index in [1.165, 1.54) is 0 Å². The summed E-state index contributed by atoms with van der Waals surface area (Å²) in [6, 6.07) is 0. The second kappa shape index (κ2) is 6.14. The monoisotopic (exact) mass is 231 g/mol. The Labute approximate surface area is 104 Å². The molecular weight excluding hydrogens is 210 g/mol. The fourth-order valence-electron chi connectivity index (χ4n) is 1.76. The molecule has 0 aromatic carbocycles. The summed E-state index contributed by atoms with van der Waals surface area (Å²) in [6.45, 7) is 9.89. The first-order valence-corrected chi connectivity index (χ1v) is 6.09. The van der Waals surface area contributed by atoms with Crippen LogP contribution in [-0.2, 0) is 0 Å². The number of allylic oxidation sites excluding steroid dienone is 7. The highest BCUT2D eigenvalue weighted by Gasteiger charge is 2.17. The molecule has 0 unspecified atom stereocenters. The van der Waals surface area contributed by atoms with E-state index in [9.17, 15) is 5.11 Å². The van der Waals surface area contributed by atoms with E-state index in [1.807, 2.05) is 32.9 Å². The summed E-state index contributed by atoms with van der Waals surface area (Å²) < 4.78 is 0. The van der Waals surface area contributed by atoms with Crippen LogP contribution in [0.4, 0.5) is 0 Å². The van der Waals surface area contributed by atoms with E-state index in [0.29, 0.717) is 12.2 Å². The van der Waals surface area contributed by atoms with Crippen LogP contribution in [0.3, 0.4) is 0 Å². The average molecular weight is 231 g/mol. The Balaban J connectivity index is 0.000000686. The predicted octanol–water partition coefficient (Wildman–Crippen LogP) is 4.12. The van der Waals surface area contributed by atoms with E-state index < -0.39 is 0 Å². The van der Waals surface area contributed by atoms with Gasteiger partial charge >= 0.3 is 0 Å². The van der Waals surface area contributed by atoms with E-state index in [2.05, 4.69) is 24.0 Å². The molecule has 0 aromatic heterocycles. The largest absolute Gasteiger partial charge is 0.510 e. The Bertz CT molecular complexity index is 422. The van der Waals surface area contributed by atoms with Gasteiger partial charge in [-0.1, -0.05) is 44.7 Å². The smallest absolute Gasteiger partial charge is 0.115 e. The summed E-state index contributed by atoms with van der Waals surface area (Å²) in [4.78, 5) is 0. The Hall–Kier alpha value is -1.70. The second-order valence-corrected chi connectivity index (χ2v) is 3.84. The maximum absolute atomic E-state index is 9.73. The summed E-state index contributed by atoms with van der Waals surface area (Å²) in [5, 5.41) is 13.0. The molecule has 2 nitrogen and oxygen atoms in total. The van der Waals surface area contributed by atoms with Crippen LogP contribution < -0.4 is 5.32 Å². The van der Waals surface area contributed by atoms with Gasteiger partial charge in [-0.2, -0.15) is 0 Å². The first kappa shape index (κ1) is 13.4. The molecule has 92 valence electrons. The number of hydrogen-bond acceptors (Lipinski definition) is 2. The highest BCUT2D eigenvalue weighted by atomic mass is 16.3. The topological polar surface area (TPSA) is 32.3 Å². The van der Waals surface area contributed by atoms with E-state index in [0.717, 1.165) is 29.0 Å². The highest BCUT2D eigenvalue weighted by Crippen LogP contribution is 2.28. The first-order valence-electron chi connectivity index (χ1n) is 6.09. The van der Waals surface area contributed by atoms with E-state index >= 15 is 0 Å². The van der Waals surface area contributed by atoms with Crippen LogP contribution in [0.25, 0.3) is 0 Å². The molecule has 0 aromatic rings. The lowest BCUT2D eigenvalue weighted by Crippen LogP contribution is -2.11. The average Bonchev–Trinajstić information content (AvgIpc) is 2.60. The van der Waals surface area contributed by atoms with Crippen molar-refractivity contribution in [3.8, 4) is 0 Å². The third kappa shape index (κ3) is 3.13. The number of nitrogens with one attached hydrogen (secondary N) is 1. The van der Waals surface area contributed by atoms with Gasteiger partial charge < -0.3 is 10.4 Å². The molecule has 0 radical (unpaired) electrons. The van der Waals surface area contributed by atoms with Crippen molar-refractivity contribution in [2.24, 2.45) is 0 Å². The van der Waals surface area contributed by atoms with E-state index in [1.54, 1.807) is 0 Å². The molecule has 0 spiro atoms. The predicted molar refractivity (Wildman–Crippen MR) is 73.5 cm³/mol. The van der Waals surface area contributed by atoms with Crippen molar-refractivity contribution < 1.29 is 5.11 Å². The van der Waals surface area contributed by atoms with Crippen LogP contribution in [0, 0.1) is 0 Å². The Morgan fingerprint density at radius 1 is 1.35 bits per heavy atom. The molecule has 0 saturated carbocycles. The van der Waals surface area contributed by atoms with Crippen molar-refractivity contribution in [1.29, 1.82) is 0 Å². The lowest BCUT2D eigenvalue weighted by Gasteiger charge is -2.10. The van der Waals surface area contributed by atoms with Gasteiger partial charge in [-0.05, 0) is 18.9 Å². The van der Waals surface area contributed by atoms with Crippen molar-refractivity contribution in [3.05, 3.63) is 59.2 Å². The van der Waals surface area contributed by atoms with Gasteiger partial charge in [-0.3, -0.25) is 0 Å². The van der Waals surface area contributed by atoms with Crippen LogP contribution >= 0.6 is 0 Å². The SMILES string of the molecule is C=C1CC(O)=C(C)NC2=CCC=CC=C12.CC. The standard InChI is InChI=1S/C13H15NO.C2H6/c1-9-8-13(15)10(2)14-12-7-5-3-4-6-11(9)12;1-2/h3-4,6-7,14-15H,1,5,8H2,2H3;1-2H3. The minimum Gasteiger partial charge on any atom is -0.510 e. The van der Waals surface area contributed by atoms with Crippen LogP contribution in [0.15, 0.2) is 59.2 Å². The number of hydrogen-bond donors (Lipinski definition) is 2. The summed E-state index contributed by atoms with van der Waals surface area (Å²) in [6.07, 6.45) is 9.72. The van der Waals surface area contributed by atoms with Crippen LogP contribution in [0.1, 0.15) is 33.6 Å². The van der Waals surface area contributed by atoms with Crippen LogP contribution in [0.5, 0.6) is 0 Å². The molecule has 0 fully saturated rings. The molecule has 2 heteroatoms. The van der Waals surface area contributed by atoms with Crippen molar-refractivity contribution >= 4 is 0 Å². The highest BCUT2D eigenvalue weighted by molar-refractivity contribution is 5.51. The second-order valence-electron chi connectivity index (χ2n) is 3.84. The van der Waals surface area contributed by atoms with E-state index in [4.69, 9.17) is 0 Å².